The van der Waals surface area contributed by atoms with Crippen LogP contribution in [0.1, 0.15) is 42.6 Å². The van der Waals surface area contributed by atoms with Crippen molar-refractivity contribution in [3.8, 4) is 0 Å². The van der Waals surface area contributed by atoms with Crippen LogP contribution in [0, 0.1) is 24.5 Å². The molecule has 1 unspecified atom stereocenters. The summed E-state index contributed by atoms with van der Waals surface area (Å²) in [5, 5.41) is 0. The maximum absolute atomic E-state index is 13.5. The molecule has 88 valence electrons. The molecule has 0 spiro atoms. The van der Waals surface area contributed by atoms with Gasteiger partial charge in [-0.2, -0.15) is 0 Å². The third kappa shape index (κ3) is 2.65. The number of Topliss-reactive ketones (excluding diaryl/α,β-unsaturated/α-hetero) is 1. The van der Waals surface area contributed by atoms with Crippen LogP contribution in [0.25, 0.3) is 0 Å². The number of halogens is 2. The van der Waals surface area contributed by atoms with E-state index in [1.54, 1.807) is 6.92 Å². The standard InChI is InChI=1S/C13H16F2O/c1-4-5-8(2)13(16)10-7-11(14)9(3)6-12(10)15/h6-8H,4-5H2,1-3H3. The van der Waals surface area contributed by atoms with Gasteiger partial charge in [0.05, 0.1) is 5.56 Å². The third-order valence-corrected chi connectivity index (χ3v) is 2.68. The molecule has 0 aromatic heterocycles. The van der Waals surface area contributed by atoms with E-state index in [-0.39, 0.29) is 22.8 Å². The van der Waals surface area contributed by atoms with Crippen LogP contribution in [-0.4, -0.2) is 5.78 Å². The highest BCUT2D eigenvalue weighted by atomic mass is 19.1. The second-order valence-corrected chi connectivity index (χ2v) is 4.14. The van der Waals surface area contributed by atoms with Crippen molar-refractivity contribution in [1.82, 2.24) is 0 Å². The topological polar surface area (TPSA) is 17.1 Å². The zero-order valence-corrected chi connectivity index (χ0v) is 9.81. The van der Waals surface area contributed by atoms with E-state index in [4.69, 9.17) is 0 Å². The van der Waals surface area contributed by atoms with E-state index in [0.717, 1.165) is 18.6 Å². The number of ketones is 1. The monoisotopic (exact) mass is 226 g/mol. The molecule has 0 radical (unpaired) electrons. The van der Waals surface area contributed by atoms with E-state index >= 15 is 0 Å². The Balaban J connectivity index is 3.04. The van der Waals surface area contributed by atoms with E-state index in [1.807, 2.05) is 6.92 Å². The maximum Gasteiger partial charge on any atom is 0.168 e. The number of hydrogen-bond donors (Lipinski definition) is 0. The van der Waals surface area contributed by atoms with Crippen molar-refractivity contribution in [2.24, 2.45) is 5.92 Å². The van der Waals surface area contributed by atoms with Gasteiger partial charge in [-0.3, -0.25) is 4.79 Å². The largest absolute Gasteiger partial charge is 0.294 e. The Morgan fingerprint density at radius 3 is 2.50 bits per heavy atom. The molecular weight excluding hydrogens is 210 g/mol. The quantitative estimate of drug-likeness (QED) is 0.712. The summed E-state index contributed by atoms with van der Waals surface area (Å²) in [4.78, 5) is 11.8. The van der Waals surface area contributed by atoms with Crippen molar-refractivity contribution in [3.63, 3.8) is 0 Å². The van der Waals surface area contributed by atoms with E-state index in [2.05, 4.69) is 0 Å². The fourth-order valence-electron chi connectivity index (χ4n) is 1.66. The summed E-state index contributed by atoms with van der Waals surface area (Å²) in [7, 11) is 0. The molecule has 3 heteroatoms. The van der Waals surface area contributed by atoms with Crippen LogP contribution in [0.5, 0.6) is 0 Å². The summed E-state index contributed by atoms with van der Waals surface area (Å²) in [6.07, 6.45) is 1.54. The molecule has 0 aliphatic heterocycles. The molecule has 0 aliphatic rings. The molecule has 1 atom stereocenters. The predicted octanol–water partition coefficient (Wildman–Crippen LogP) is 3.89. The van der Waals surface area contributed by atoms with Crippen molar-refractivity contribution in [3.05, 3.63) is 34.9 Å². The number of rotatable bonds is 4. The van der Waals surface area contributed by atoms with Crippen LogP contribution in [-0.2, 0) is 0 Å². The van der Waals surface area contributed by atoms with E-state index < -0.39 is 11.6 Å². The third-order valence-electron chi connectivity index (χ3n) is 2.68. The highest BCUT2D eigenvalue weighted by Gasteiger charge is 2.19. The van der Waals surface area contributed by atoms with Gasteiger partial charge in [-0.05, 0) is 31.0 Å². The summed E-state index contributed by atoms with van der Waals surface area (Å²) in [6, 6.07) is 2.07. The zero-order chi connectivity index (χ0) is 12.3. The number of aryl methyl sites for hydroxylation is 1. The Kier molecular flexibility index (Phi) is 4.16. The lowest BCUT2D eigenvalue weighted by atomic mass is 9.94. The summed E-state index contributed by atoms with van der Waals surface area (Å²) >= 11 is 0. The molecule has 1 rings (SSSR count). The first-order valence-electron chi connectivity index (χ1n) is 5.47. The number of carbonyl (C=O) groups excluding carboxylic acids is 1. The predicted molar refractivity (Wildman–Crippen MR) is 59.5 cm³/mol. The van der Waals surface area contributed by atoms with Gasteiger partial charge in [0.2, 0.25) is 0 Å². The van der Waals surface area contributed by atoms with Gasteiger partial charge >= 0.3 is 0 Å². The van der Waals surface area contributed by atoms with Crippen LogP contribution >= 0.6 is 0 Å². The van der Waals surface area contributed by atoms with Gasteiger partial charge < -0.3 is 0 Å². The lowest BCUT2D eigenvalue weighted by Gasteiger charge is -2.10. The SMILES string of the molecule is CCCC(C)C(=O)c1cc(F)c(C)cc1F. The van der Waals surface area contributed by atoms with Crippen molar-refractivity contribution < 1.29 is 13.6 Å². The van der Waals surface area contributed by atoms with Gasteiger partial charge in [-0.1, -0.05) is 20.3 Å². The smallest absolute Gasteiger partial charge is 0.168 e. The summed E-state index contributed by atoms with van der Waals surface area (Å²) < 4.78 is 26.7. The molecule has 0 bridgehead atoms. The Bertz CT molecular complexity index is 399. The van der Waals surface area contributed by atoms with Gasteiger partial charge in [-0.25, -0.2) is 8.78 Å². The average molecular weight is 226 g/mol. The minimum Gasteiger partial charge on any atom is -0.294 e. The number of carbonyl (C=O) groups is 1. The fourth-order valence-corrected chi connectivity index (χ4v) is 1.66. The molecule has 0 aliphatic carbocycles. The molecule has 16 heavy (non-hydrogen) atoms. The Hall–Kier alpha value is -1.25. The van der Waals surface area contributed by atoms with Gasteiger partial charge in [0.1, 0.15) is 11.6 Å². The van der Waals surface area contributed by atoms with Crippen molar-refractivity contribution in [2.45, 2.75) is 33.6 Å². The molecule has 0 fully saturated rings. The van der Waals surface area contributed by atoms with Crippen LogP contribution in [0.2, 0.25) is 0 Å². The Morgan fingerprint density at radius 2 is 1.94 bits per heavy atom. The molecular formula is C13H16F2O. The van der Waals surface area contributed by atoms with Crippen molar-refractivity contribution in [2.75, 3.05) is 0 Å². The first kappa shape index (κ1) is 12.8. The van der Waals surface area contributed by atoms with E-state index in [9.17, 15) is 13.6 Å². The second-order valence-electron chi connectivity index (χ2n) is 4.14. The molecule has 0 saturated carbocycles. The first-order chi connectivity index (χ1) is 7.47. The lowest BCUT2D eigenvalue weighted by Crippen LogP contribution is -2.13. The molecule has 0 saturated heterocycles. The molecule has 0 N–H and O–H groups in total. The summed E-state index contributed by atoms with van der Waals surface area (Å²) in [5.74, 6) is -1.75. The van der Waals surface area contributed by atoms with Crippen molar-refractivity contribution >= 4 is 5.78 Å². The average Bonchev–Trinajstić information content (AvgIpc) is 2.23. The van der Waals surface area contributed by atoms with Crippen LogP contribution in [0.3, 0.4) is 0 Å². The van der Waals surface area contributed by atoms with Crippen LogP contribution < -0.4 is 0 Å². The highest BCUT2D eigenvalue weighted by molar-refractivity contribution is 5.97. The number of hydrogen-bond acceptors (Lipinski definition) is 1. The number of benzene rings is 1. The molecule has 1 aromatic carbocycles. The molecule has 0 amide bonds. The van der Waals surface area contributed by atoms with Crippen molar-refractivity contribution in [1.29, 1.82) is 0 Å². The van der Waals surface area contributed by atoms with E-state index in [1.165, 1.54) is 6.92 Å². The Labute approximate surface area is 94.5 Å². The first-order valence-corrected chi connectivity index (χ1v) is 5.47. The Morgan fingerprint density at radius 1 is 1.31 bits per heavy atom. The molecule has 0 heterocycles. The zero-order valence-electron chi connectivity index (χ0n) is 9.81. The van der Waals surface area contributed by atoms with Gasteiger partial charge in [0.25, 0.3) is 0 Å². The summed E-state index contributed by atoms with van der Waals surface area (Å²) in [6.45, 7) is 5.17. The van der Waals surface area contributed by atoms with Crippen LogP contribution in [0.4, 0.5) is 8.78 Å². The highest BCUT2D eigenvalue weighted by Crippen LogP contribution is 2.19. The molecule has 1 nitrogen and oxygen atoms in total. The minimum atomic E-state index is -0.633. The van der Waals surface area contributed by atoms with E-state index in [0.29, 0.717) is 6.42 Å². The second kappa shape index (κ2) is 5.19. The van der Waals surface area contributed by atoms with Crippen LogP contribution in [0.15, 0.2) is 12.1 Å². The normalized spacial score (nSPS) is 12.6. The maximum atomic E-state index is 13.5. The van der Waals surface area contributed by atoms with Gasteiger partial charge in [0.15, 0.2) is 5.78 Å². The minimum absolute atomic E-state index is 0.135. The van der Waals surface area contributed by atoms with Gasteiger partial charge in [0, 0.05) is 5.92 Å². The molecule has 1 aromatic rings. The summed E-state index contributed by atoms with van der Waals surface area (Å²) in [5.41, 5.74) is 0.0845. The fraction of sp³-hybridized carbons (Fsp3) is 0.462. The lowest BCUT2D eigenvalue weighted by molar-refractivity contribution is 0.0919. The van der Waals surface area contributed by atoms with Gasteiger partial charge in [-0.15, -0.1) is 0 Å².